The lowest BCUT2D eigenvalue weighted by Gasteiger charge is -2.05. The number of halogens is 1. The van der Waals surface area contributed by atoms with E-state index in [9.17, 15) is 4.79 Å². The van der Waals surface area contributed by atoms with Crippen LogP contribution < -0.4 is 11.1 Å². The second-order valence-electron chi connectivity index (χ2n) is 5.23. The molecule has 0 unspecified atom stereocenters. The lowest BCUT2D eigenvalue weighted by Crippen LogP contribution is -2.27. The molecule has 3 N–H and O–H groups in total. The standard InChI is InChI=1S/C15H17BrN2O2S/c16-10-2-1-3-11-12(10)13(17)14(21-11)15(19)18-6-7-20-8-9-4-5-9/h1-3,9H,4-8,17H2,(H,18,19). The minimum Gasteiger partial charge on any atom is -0.397 e. The Morgan fingerprint density at radius 1 is 1.48 bits per heavy atom. The van der Waals surface area contributed by atoms with Crippen molar-refractivity contribution in [2.24, 2.45) is 5.92 Å². The first-order valence-corrected chi connectivity index (χ1v) is 8.60. The summed E-state index contributed by atoms with van der Waals surface area (Å²) in [4.78, 5) is 12.8. The second-order valence-corrected chi connectivity index (χ2v) is 7.14. The number of amides is 1. The monoisotopic (exact) mass is 368 g/mol. The predicted molar refractivity (Wildman–Crippen MR) is 89.8 cm³/mol. The summed E-state index contributed by atoms with van der Waals surface area (Å²) in [7, 11) is 0. The third-order valence-corrected chi connectivity index (χ3v) is 5.32. The summed E-state index contributed by atoms with van der Waals surface area (Å²) < 4.78 is 7.43. The van der Waals surface area contributed by atoms with E-state index in [1.807, 2.05) is 18.2 Å². The zero-order chi connectivity index (χ0) is 14.8. The molecule has 0 saturated heterocycles. The first-order chi connectivity index (χ1) is 10.2. The molecule has 21 heavy (non-hydrogen) atoms. The lowest BCUT2D eigenvalue weighted by molar-refractivity contribution is 0.0911. The van der Waals surface area contributed by atoms with Gasteiger partial charge < -0.3 is 15.8 Å². The summed E-state index contributed by atoms with van der Waals surface area (Å²) in [5.74, 6) is 0.618. The Morgan fingerprint density at radius 3 is 3.00 bits per heavy atom. The van der Waals surface area contributed by atoms with E-state index in [-0.39, 0.29) is 5.91 Å². The minimum atomic E-state index is -0.129. The zero-order valence-corrected chi connectivity index (χ0v) is 13.9. The van der Waals surface area contributed by atoms with E-state index in [0.29, 0.717) is 23.7 Å². The molecule has 1 aromatic heterocycles. The van der Waals surface area contributed by atoms with Gasteiger partial charge in [0.1, 0.15) is 4.88 Å². The third-order valence-electron chi connectivity index (χ3n) is 3.49. The third kappa shape index (κ3) is 3.39. The van der Waals surface area contributed by atoms with Gasteiger partial charge in [-0.05, 0) is 30.9 Å². The van der Waals surface area contributed by atoms with Crippen molar-refractivity contribution in [2.45, 2.75) is 12.8 Å². The number of hydrogen-bond donors (Lipinski definition) is 2. The molecule has 2 aromatic rings. The summed E-state index contributed by atoms with van der Waals surface area (Å²) >= 11 is 4.89. The Hall–Kier alpha value is -1.11. The molecule has 1 aromatic carbocycles. The topological polar surface area (TPSA) is 64.4 Å². The number of anilines is 1. The van der Waals surface area contributed by atoms with Crippen LogP contribution in [0.3, 0.4) is 0 Å². The molecule has 1 aliphatic rings. The number of ether oxygens (including phenoxy) is 1. The van der Waals surface area contributed by atoms with Crippen LogP contribution >= 0.6 is 27.3 Å². The number of thiophene rings is 1. The molecule has 0 spiro atoms. The van der Waals surface area contributed by atoms with Crippen molar-refractivity contribution < 1.29 is 9.53 Å². The fourth-order valence-electron chi connectivity index (χ4n) is 2.15. The maximum Gasteiger partial charge on any atom is 0.263 e. The number of benzene rings is 1. The SMILES string of the molecule is Nc1c(C(=O)NCCOCC2CC2)sc2cccc(Br)c12. The van der Waals surface area contributed by atoms with Crippen LogP contribution in [-0.4, -0.2) is 25.7 Å². The molecule has 0 aliphatic heterocycles. The van der Waals surface area contributed by atoms with Crippen molar-refractivity contribution >= 4 is 48.9 Å². The number of carbonyl (C=O) groups excluding carboxylic acids is 1. The van der Waals surface area contributed by atoms with Crippen LogP contribution in [0.4, 0.5) is 5.69 Å². The molecule has 1 heterocycles. The van der Waals surface area contributed by atoms with E-state index in [2.05, 4.69) is 21.2 Å². The number of carbonyl (C=O) groups is 1. The van der Waals surface area contributed by atoms with Gasteiger partial charge in [-0.15, -0.1) is 11.3 Å². The fraction of sp³-hybridized carbons (Fsp3) is 0.400. The predicted octanol–water partition coefficient (Wildman–Crippen LogP) is 3.40. The number of hydrogen-bond acceptors (Lipinski definition) is 4. The van der Waals surface area contributed by atoms with Crippen molar-refractivity contribution in [1.82, 2.24) is 5.32 Å². The first-order valence-electron chi connectivity index (χ1n) is 6.99. The maximum atomic E-state index is 12.2. The van der Waals surface area contributed by atoms with Gasteiger partial charge in [0.2, 0.25) is 0 Å². The molecular formula is C15H17BrN2O2S. The minimum absolute atomic E-state index is 0.129. The smallest absolute Gasteiger partial charge is 0.263 e. The summed E-state index contributed by atoms with van der Waals surface area (Å²) in [6.45, 7) is 1.88. The van der Waals surface area contributed by atoms with E-state index in [1.165, 1.54) is 24.2 Å². The Kier molecular flexibility index (Phi) is 4.47. The summed E-state index contributed by atoms with van der Waals surface area (Å²) in [5, 5.41) is 3.78. The van der Waals surface area contributed by atoms with Crippen LogP contribution in [-0.2, 0) is 4.74 Å². The Bertz CT molecular complexity index is 667. The molecule has 0 atom stereocenters. The Labute approximate surface area is 135 Å². The van der Waals surface area contributed by atoms with Crippen molar-refractivity contribution in [1.29, 1.82) is 0 Å². The highest BCUT2D eigenvalue weighted by Gasteiger charge is 2.21. The van der Waals surface area contributed by atoms with Gasteiger partial charge >= 0.3 is 0 Å². The largest absolute Gasteiger partial charge is 0.397 e. The maximum absolute atomic E-state index is 12.2. The number of nitrogen functional groups attached to an aromatic ring is 1. The van der Waals surface area contributed by atoms with Crippen LogP contribution in [0.15, 0.2) is 22.7 Å². The molecule has 1 fully saturated rings. The van der Waals surface area contributed by atoms with Gasteiger partial charge in [0.25, 0.3) is 5.91 Å². The highest BCUT2D eigenvalue weighted by molar-refractivity contribution is 9.10. The molecule has 6 heteroatoms. The van der Waals surface area contributed by atoms with Crippen molar-refractivity contribution in [3.8, 4) is 0 Å². The number of nitrogens with two attached hydrogens (primary N) is 1. The van der Waals surface area contributed by atoms with Crippen LogP contribution in [0.5, 0.6) is 0 Å². The lowest BCUT2D eigenvalue weighted by atomic mass is 10.2. The van der Waals surface area contributed by atoms with Crippen molar-refractivity contribution in [3.05, 3.63) is 27.5 Å². The van der Waals surface area contributed by atoms with E-state index in [1.54, 1.807) is 0 Å². The van der Waals surface area contributed by atoms with Crippen LogP contribution in [0.2, 0.25) is 0 Å². The van der Waals surface area contributed by atoms with Gasteiger partial charge in [0, 0.05) is 27.7 Å². The van der Waals surface area contributed by atoms with Gasteiger partial charge in [-0.3, -0.25) is 4.79 Å². The Balaban J connectivity index is 1.61. The van der Waals surface area contributed by atoms with E-state index >= 15 is 0 Å². The zero-order valence-electron chi connectivity index (χ0n) is 11.5. The van der Waals surface area contributed by atoms with Crippen LogP contribution in [0.25, 0.3) is 10.1 Å². The van der Waals surface area contributed by atoms with E-state index < -0.39 is 0 Å². The molecule has 1 aliphatic carbocycles. The summed E-state index contributed by atoms with van der Waals surface area (Å²) in [6.07, 6.45) is 2.55. The van der Waals surface area contributed by atoms with Crippen LogP contribution in [0, 0.1) is 5.92 Å². The number of nitrogens with one attached hydrogen (secondary N) is 1. The van der Waals surface area contributed by atoms with E-state index in [0.717, 1.165) is 27.1 Å². The number of fused-ring (bicyclic) bond motifs is 1. The molecule has 112 valence electrons. The number of rotatable bonds is 6. The van der Waals surface area contributed by atoms with Crippen molar-refractivity contribution in [2.75, 3.05) is 25.5 Å². The summed E-state index contributed by atoms with van der Waals surface area (Å²) in [6, 6.07) is 5.84. The molecular weight excluding hydrogens is 352 g/mol. The molecule has 1 amide bonds. The Morgan fingerprint density at radius 2 is 2.29 bits per heavy atom. The quantitative estimate of drug-likeness (QED) is 0.767. The van der Waals surface area contributed by atoms with Gasteiger partial charge in [-0.25, -0.2) is 0 Å². The highest BCUT2D eigenvalue weighted by atomic mass is 79.9. The molecule has 4 nitrogen and oxygen atoms in total. The van der Waals surface area contributed by atoms with Gasteiger partial charge in [0.05, 0.1) is 12.3 Å². The first kappa shape index (κ1) is 14.8. The normalized spacial score (nSPS) is 14.5. The molecule has 3 rings (SSSR count). The van der Waals surface area contributed by atoms with E-state index in [4.69, 9.17) is 10.5 Å². The second kappa shape index (κ2) is 6.34. The average molecular weight is 369 g/mol. The fourth-order valence-corrected chi connectivity index (χ4v) is 3.93. The molecule has 0 bridgehead atoms. The highest BCUT2D eigenvalue weighted by Crippen LogP contribution is 2.38. The van der Waals surface area contributed by atoms with Crippen LogP contribution in [0.1, 0.15) is 22.5 Å². The summed E-state index contributed by atoms with van der Waals surface area (Å²) in [5.41, 5.74) is 6.65. The average Bonchev–Trinajstić information content (AvgIpc) is 3.22. The van der Waals surface area contributed by atoms with Gasteiger partial charge in [-0.2, -0.15) is 0 Å². The van der Waals surface area contributed by atoms with Gasteiger partial charge in [0.15, 0.2) is 0 Å². The van der Waals surface area contributed by atoms with Gasteiger partial charge in [-0.1, -0.05) is 22.0 Å². The molecule has 0 radical (unpaired) electrons. The van der Waals surface area contributed by atoms with Crippen molar-refractivity contribution in [3.63, 3.8) is 0 Å². The molecule has 1 saturated carbocycles.